The largest absolute Gasteiger partial charge is 0.421 e. The fraction of sp³-hybridized carbons (Fsp3) is 0.350. The monoisotopic (exact) mass is 419 g/mol. The van der Waals surface area contributed by atoms with Crippen LogP contribution in [0.15, 0.2) is 48.5 Å². The third-order valence-corrected chi connectivity index (χ3v) is 4.43. The number of hydrogen-bond donors (Lipinski definition) is 1. The van der Waals surface area contributed by atoms with Gasteiger partial charge in [0, 0.05) is 17.8 Å². The maximum atomic E-state index is 12.9. The standard InChI is InChI=1S/C20H19F6NO2/c1-3-27(16-6-4-5-13(11-16)12-19(21,22)23)17(28)14-7-9-15(10-8-14)18(2,29)20(24,25)26/h4-11,29H,3,12H2,1-2H3. The molecular weight excluding hydrogens is 400 g/mol. The molecule has 0 fully saturated rings. The summed E-state index contributed by atoms with van der Waals surface area (Å²) in [7, 11) is 0. The van der Waals surface area contributed by atoms with E-state index >= 15 is 0 Å². The highest BCUT2D eigenvalue weighted by molar-refractivity contribution is 6.06. The van der Waals surface area contributed by atoms with Crippen LogP contribution in [0.3, 0.4) is 0 Å². The predicted molar refractivity (Wildman–Crippen MR) is 95.6 cm³/mol. The fourth-order valence-corrected chi connectivity index (χ4v) is 2.77. The van der Waals surface area contributed by atoms with Gasteiger partial charge in [0.25, 0.3) is 5.91 Å². The van der Waals surface area contributed by atoms with Gasteiger partial charge in [-0.1, -0.05) is 24.3 Å². The van der Waals surface area contributed by atoms with Gasteiger partial charge < -0.3 is 10.0 Å². The first-order chi connectivity index (χ1) is 13.3. The molecule has 1 amide bonds. The van der Waals surface area contributed by atoms with Crippen molar-refractivity contribution in [1.82, 2.24) is 0 Å². The van der Waals surface area contributed by atoms with E-state index in [1.165, 1.54) is 29.2 Å². The molecule has 0 aliphatic heterocycles. The summed E-state index contributed by atoms with van der Waals surface area (Å²) >= 11 is 0. The Kier molecular flexibility index (Phi) is 6.32. The van der Waals surface area contributed by atoms with Gasteiger partial charge in [0.1, 0.15) is 0 Å². The molecule has 0 radical (unpaired) electrons. The molecule has 29 heavy (non-hydrogen) atoms. The smallest absolute Gasteiger partial charge is 0.376 e. The van der Waals surface area contributed by atoms with Crippen molar-refractivity contribution in [3.05, 3.63) is 65.2 Å². The molecule has 1 unspecified atom stereocenters. The normalized spacial score (nSPS) is 14.4. The second-order valence-electron chi connectivity index (χ2n) is 6.66. The average Bonchev–Trinajstić information content (AvgIpc) is 2.60. The SMILES string of the molecule is CCN(C(=O)c1ccc(C(C)(O)C(F)(F)F)cc1)c1cccc(CC(F)(F)F)c1. The molecule has 0 aliphatic carbocycles. The lowest BCUT2D eigenvalue weighted by atomic mass is 9.94. The van der Waals surface area contributed by atoms with Crippen molar-refractivity contribution in [1.29, 1.82) is 0 Å². The van der Waals surface area contributed by atoms with Gasteiger partial charge in [-0.15, -0.1) is 0 Å². The topological polar surface area (TPSA) is 40.5 Å². The number of amides is 1. The van der Waals surface area contributed by atoms with E-state index < -0.39 is 35.8 Å². The van der Waals surface area contributed by atoms with Crippen molar-refractivity contribution in [2.45, 2.75) is 38.2 Å². The van der Waals surface area contributed by atoms with Crippen molar-refractivity contribution in [3.63, 3.8) is 0 Å². The van der Waals surface area contributed by atoms with Crippen LogP contribution in [0.5, 0.6) is 0 Å². The molecule has 0 aromatic heterocycles. The maximum Gasteiger partial charge on any atom is 0.421 e. The van der Waals surface area contributed by atoms with E-state index in [1.54, 1.807) is 6.92 Å². The number of benzene rings is 2. The minimum absolute atomic E-state index is 0.0159. The quantitative estimate of drug-likeness (QED) is 0.675. The number of carbonyl (C=O) groups is 1. The van der Waals surface area contributed by atoms with Crippen molar-refractivity contribution in [3.8, 4) is 0 Å². The summed E-state index contributed by atoms with van der Waals surface area (Å²) in [6.45, 7) is 2.36. The van der Waals surface area contributed by atoms with Crippen LogP contribution in [0.1, 0.15) is 35.3 Å². The van der Waals surface area contributed by atoms with Crippen molar-refractivity contribution in [2.24, 2.45) is 0 Å². The molecule has 0 saturated carbocycles. The van der Waals surface area contributed by atoms with Gasteiger partial charge in [0.2, 0.25) is 0 Å². The Morgan fingerprint density at radius 1 is 1.00 bits per heavy atom. The zero-order valence-electron chi connectivity index (χ0n) is 15.6. The third-order valence-electron chi connectivity index (χ3n) is 4.43. The summed E-state index contributed by atoms with van der Waals surface area (Å²) in [6.07, 6.45) is -10.4. The first-order valence-corrected chi connectivity index (χ1v) is 8.63. The molecule has 0 bridgehead atoms. The van der Waals surface area contributed by atoms with Gasteiger partial charge in [-0.25, -0.2) is 0 Å². The Bertz CT molecular complexity index is 857. The molecule has 2 rings (SSSR count). The number of aliphatic hydroxyl groups is 1. The summed E-state index contributed by atoms with van der Waals surface area (Å²) in [5.74, 6) is -0.588. The van der Waals surface area contributed by atoms with Gasteiger partial charge in [-0.05, 0) is 49.2 Å². The van der Waals surface area contributed by atoms with Crippen LogP contribution in [0.4, 0.5) is 32.0 Å². The summed E-state index contributed by atoms with van der Waals surface area (Å²) in [5, 5.41) is 9.70. The van der Waals surface area contributed by atoms with Crippen molar-refractivity contribution < 1.29 is 36.2 Å². The summed E-state index contributed by atoms with van der Waals surface area (Å²) < 4.78 is 76.6. The number of halogens is 6. The van der Waals surface area contributed by atoms with Gasteiger partial charge >= 0.3 is 12.4 Å². The highest BCUT2D eigenvalue weighted by Crippen LogP contribution is 2.38. The first-order valence-electron chi connectivity index (χ1n) is 8.63. The van der Waals surface area contributed by atoms with Crippen molar-refractivity contribution in [2.75, 3.05) is 11.4 Å². The van der Waals surface area contributed by atoms with Crippen LogP contribution in [0.25, 0.3) is 0 Å². The molecular formula is C20H19F6NO2. The van der Waals surface area contributed by atoms with E-state index in [9.17, 15) is 36.2 Å². The zero-order valence-corrected chi connectivity index (χ0v) is 15.6. The van der Waals surface area contributed by atoms with Crippen LogP contribution in [0.2, 0.25) is 0 Å². The second-order valence-corrected chi connectivity index (χ2v) is 6.66. The van der Waals surface area contributed by atoms with Crippen LogP contribution >= 0.6 is 0 Å². The van der Waals surface area contributed by atoms with E-state index in [1.807, 2.05) is 0 Å². The second kappa shape index (κ2) is 8.06. The van der Waals surface area contributed by atoms with Crippen LogP contribution in [-0.4, -0.2) is 29.9 Å². The third kappa shape index (κ3) is 5.29. The Hall–Kier alpha value is -2.55. The highest BCUT2D eigenvalue weighted by Gasteiger charge is 2.51. The molecule has 1 atom stereocenters. The molecule has 2 aromatic rings. The summed E-state index contributed by atoms with van der Waals surface area (Å²) in [4.78, 5) is 14.0. The number of nitrogens with zero attached hydrogens (tertiary/aromatic N) is 1. The Morgan fingerprint density at radius 2 is 1.59 bits per heavy atom. The minimum Gasteiger partial charge on any atom is -0.376 e. The van der Waals surface area contributed by atoms with E-state index in [0.29, 0.717) is 6.92 Å². The Morgan fingerprint density at radius 3 is 2.07 bits per heavy atom. The lowest BCUT2D eigenvalue weighted by Gasteiger charge is -2.27. The fourth-order valence-electron chi connectivity index (χ4n) is 2.77. The number of anilines is 1. The van der Waals surface area contributed by atoms with Gasteiger partial charge in [0.05, 0.1) is 6.42 Å². The lowest BCUT2D eigenvalue weighted by molar-refractivity contribution is -0.258. The molecule has 2 aromatic carbocycles. The zero-order chi connectivity index (χ0) is 22.0. The maximum absolute atomic E-state index is 12.9. The number of carbonyl (C=O) groups excluding carboxylic acids is 1. The highest BCUT2D eigenvalue weighted by atomic mass is 19.4. The molecule has 9 heteroatoms. The lowest BCUT2D eigenvalue weighted by Crippen LogP contribution is -2.39. The van der Waals surface area contributed by atoms with Crippen LogP contribution < -0.4 is 4.90 Å². The number of rotatable bonds is 5. The summed E-state index contributed by atoms with van der Waals surface area (Å²) in [5.41, 5.74) is -3.25. The molecule has 0 heterocycles. The first kappa shape index (κ1) is 22.7. The molecule has 0 spiro atoms. The van der Waals surface area contributed by atoms with Gasteiger partial charge in [0.15, 0.2) is 5.60 Å². The molecule has 0 aliphatic rings. The average molecular weight is 419 g/mol. The predicted octanol–water partition coefficient (Wildman–Crippen LogP) is 5.23. The van der Waals surface area contributed by atoms with Gasteiger partial charge in [-0.2, -0.15) is 26.3 Å². The van der Waals surface area contributed by atoms with E-state index in [0.717, 1.165) is 24.3 Å². The van der Waals surface area contributed by atoms with E-state index in [4.69, 9.17) is 0 Å². The van der Waals surface area contributed by atoms with Crippen LogP contribution in [-0.2, 0) is 12.0 Å². The minimum atomic E-state index is -4.90. The van der Waals surface area contributed by atoms with E-state index in [2.05, 4.69) is 0 Å². The molecule has 1 N–H and O–H groups in total. The molecule has 0 saturated heterocycles. The van der Waals surface area contributed by atoms with E-state index in [-0.39, 0.29) is 23.4 Å². The number of hydrogen-bond acceptors (Lipinski definition) is 2. The molecule has 158 valence electrons. The molecule has 3 nitrogen and oxygen atoms in total. The summed E-state index contributed by atoms with van der Waals surface area (Å²) in [6, 6.07) is 9.69. The number of alkyl halides is 6. The van der Waals surface area contributed by atoms with Crippen molar-refractivity contribution >= 4 is 11.6 Å². The Labute approximate surface area is 163 Å². The van der Waals surface area contributed by atoms with Gasteiger partial charge in [-0.3, -0.25) is 4.79 Å². The Balaban J connectivity index is 2.30. The van der Waals surface area contributed by atoms with Crippen LogP contribution in [0, 0.1) is 0 Å².